The highest BCUT2D eigenvalue weighted by molar-refractivity contribution is 5.78. The summed E-state index contributed by atoms with van der Waals surface area (Å²) >= 11 is 0. The maximum Gasteiger partial charge on any atom is 0.133 e. The van der Waals surface area contributed by atoms with E-state index in [1.165, 1.54) is 13.8 Å². The first-order chi connectivity index (χ1) is 11.3. The van der Waals surface area contributed by atoms with Gasteiger partial charge in [0.05, 0.1) is 0 Å². The highest BCUT2D eigenvalue weighted by Crippen LogP contribution is 2.07. The molecule has 25 heavy (non-hydrogen) atoms. The van der Waals surface area contributed by atoms with Crippen molar-refractivity contribution in [2.75, 3.05) is 0 Å². The molecule has 0 aliphatic carbocycles. The molecule has 0 bridgehead atoms. The Kier molecular flexibility index (Phi) is 28.5. The molecule has 0 atom stereocenters. The normalized spacial score (nSPS) is 8.96. The summed E-state index contributed by atoms with van der Waals surface area (Å²) < 4.78 is 0. The van der Waals surface area contributed by atoms with Gasteiger partial charge in [-0.05, 0) is 32.6 Å². The number of hydrogen-bond acceptors (Lipinski definition) is 4. The molecule has 0 aliphatic rings. The second kappa shape index (κ2) is 22.7. The number of carbonyl (C=O) groups is 4. The zero-order valence-electron chi connectivity index (χ0n) is 18.3. The van der Waals surface area contributed by atoms with Gasteiger partial charge in [-0.2, -0.15) is 0 Å². The van der Waals surface area contributed by atoms with Crippen LogP contribution >= 0.6 is 0 Å². The van der Waals surface area contributed by atoms with E-state index < -0.39 is 0 Å². The van der Waals surface area contributed by atoms with Crippen LogP contribution in [0, 0.1) is 11.8 Å². The summed E-state index contributed by atoms with van der Waals surface area (Å²) in [6.07, 6.45) is 3.54. The Hall–Kier alpha value is -1.32. The van der Waals surface area contributed by atoms with E-state index in [-0.39, 0.29) is 11.6 Å². The highest BCUT2D eigenvalue weighted by atomic mass is 16.1. The quantitative estimate of drug-likeness (QED) is 0.593. The van der Waals surface area contributed by atoms with Crippen molar-refractivity contribution in [2.45, 2.75) is 101 Å². The lowest BCUT2D eigenvalue weighted by atomic mass is 10.00. The minimum absolute atomic E-state index is 0.167. The molecule has 0 radical (unpaired) electrons. The van der Waals surface area contributed by atoms with Crippen LogP contribution in [0.5, 0.6) is 0 Å². The molecule has 0 saturated heterocycles. The minimum Gasteiger partial charge on any atom is -0.300 e. The van der Waals surface area contributed by atoms with E-state index in [0.717, 1.165) is 12.8 Å². The van der Waals surface area contributed by atoms with Gasteiger partial charge in [-0.25, -0.2) is 0 Å². The fourth-order valence-corrected chi connectivity index (χ4v) is 1.24. The molecule has 0 unspecified atom stereocenters. The number of Topliss-reactive ketones (excluding diaryl/α,β-unsaturated/α-hetero) is 4. The first-order valence-electron chi connectivity index (χ1n) is 9.33. The number of ketones is 4. The van der Waals surface area contributed by atoms with Crippen LogP contribution in [-0.2, 0) is 19.2 Å². The Balaban J connectivity index is -0.000000127. The largest absolute Gasteiger partial charge is 0.300 e. The van der Waals surface area contributed by atoms with E-state index in [2.05, 4.69) is 27.7 Å². The molecule has 0 saturated carbocycles. The van der Waals surface area contributed by atoms with E-state index in [0.29, 0.717) is 42.7 Å². The van der Waals surface area contributed by atoms with Gasteiger partial charge in [0.15, 0.2) is 0 Å². The molecule has 0 N–H and O–H groups in total. The average Bonchev–Trinajstić information content (AvgIpc) is 2.45. The van der Waals surface area contributed by atoms with Gasteiger partial charge in [0.2, 0.25) is 0 Å². The highest BCUT2D eigenvalue weighted by Gasteiger charge is 2.06. The van der Waals surface area contributed by atoms with Crippen molar-refractivity contribution in [3.63, 3.8) is 0 Å². The van der Waals surface area contributed by atoms with Crippen molar-refractivity contribution in [3.8, 4) is 0 Å². The molecule has 0 amide bonds. The van der Waals surface area contributed by atoms with Gasteiger partial charge in [-0.1, -0.05) is 48.5 Å². The van der Waals surface area contributed by atoms with Crippen molar-refractivity contribution in [1.29, 1.82) is 0 Å². The monoisotopic (exact) mass is 358 g/mol. The summed E-state index contributed by atoms with van der Waals surface area (Å²) in [4.78, 5) is 40.5. The van der Waals surface area contributed by atoms with Crippen LogP contribution in [0.4, 0.5) is 0 Å². The van der Waals surface area contributed by atoms with Crippen LogP contribution < -0.4 is 0 Å². The van der Waals surface area contributed by atoms with Gasteiger partial charge >= 0.3 is 0 Å². The molecule has 4 heteroatoms. The van der Waals surface area contributed by atoms with Crippen LogP contribution in [0.25, 0.3) is 0 Å². The van der Waals surface area contributed by atoms with Gasteiger partial charge in [-0.3, -0.25) is 9.59 Å². The second-order valence-electron chi connectivity index (χ2n) is 6.94. The Labute approximate surface area is 156 Å². The van der Waals surface area contributed by atoms with Gasteiger partial charge in [0.25, 0.3) is 0 Å². The molecule has 0 heterocycles. The van der Waals surface area contributed by atoms with Gasteiger partial charge in [-0.15, -0.1) is 0 Å². The van der Waals surface area contributed by atoms with Crippen molar-refractivity contribution < 1.29 is 19.2 Å². The third kappa shape index (κ3) is 60.3. The lowest BCUT2D eigenvalue weighted by Crippen LogP contribution is -2.05. The van der Waals surface area contributed by atoms with Crippen molar-refractivity contribution in [3.05, 3.63) is 0 Å². The van der Waals surface area contributed by atoms with Crippen LogP contribution in [-0.4, -0.2) is 23.1 Å². The molecule has 0 aliphatic heterocycles. The standard InChI is InChI=1S/C9H18O.C5H10O.C4H8O.C3H6O/c1-7(2)5-9(10)6-8(3)4;1-3-5(6)4-2;1-3-4(2)5;1-3(2)4/h7-8H,5-6H2,1-4H3;3-4H2,1-2H3;3H2,1-2H3;1-2H3. The minimum atomic E-state index is 0.167. The molecular formula is C21H42O4. The lowest BCUT2D eigenvalue weighted by molar-refractivity contribution is -0.120. The Bertz CT molecular complexity index is 333. The topological polar surface area (TPSA) is 68.3 Å². The predicted octanol–water partition coefficient (Wildman–Crippen LogP) is 5.60. The third-order valence-electron chi connectivity index (χ3n) is 2.56. The lowest BCUT2D eigenvalue weighted by Gasteiger charge is -2.05. The number of hydrogen-bond donors (Lipinski definition) is 0. The molecule has 0 spiro atoms. The molecule has 0 fully saturated rings. The molecule has 0 aromatic heterocycles. The maximum atomic E-state index is 11.1. The van der Waals surface area contributed by atoms with E-state index in [9.17, 15) is 19.2 Å². The SMILES string of the molecule is CC(C)=O.CC(C)CC(=O)CC(C)C.CCC(=O)CC.CCC(C)=O. The van der Waals surface area contributed by atoms with Gasteiger partial charge in [0, 0.05) is 32.1 Å². The first-order valence-corrected chi connectivity index (χ1v) is 9.33. The zero-order chi connectivity index (χ0) is 21.0. The fourth-order valence-electron chi connectivity index (χ4n) is 1.24. The zero-order valence-corrected chi connectivity index (χ0v) is 18.3. The summed E-state index contributed by atoms with van der Waals surface area (Å²) in [6, 6.07) is 0. The van der Waals surface area contributed by atoms with Crippen LogP contribution in [0.15, 0.2) is 0 Å². The number of rotatable bonds is 7. The fraction of sp³-hybridized carbons (Fsp3) is 0.810. The number of carbonyl (C=O) groups excluding carboxylic acids is 4. The molecular weight excluding hydrogens is 316 g/mol. The van der Waals surface area contributed by atoms with Crippen LogP contribution in [0.1, 0.15) is 101 Å². The van der Waals surface area contributed by atoms with E-state index in [4.69, 9.17) is 0 Å². The second-order valence-corrected chi connectivity index (χ2v) is 6.94. The molecule has 0 aromatic carbocycles. The van der Waals surface area contributed by atoms with Gasteiger partial charge in [0.1, 0.15) is 23.1 Å². The Morgan fingerprint density at radius 2 is 0.840 bits per heavy atom. The summed E-state index contributed by atoms with van der Waals surface area (Å²) in [5, 5.41) is 0. The first kappa shape index (κ1) is 31.4. The Morgan fingerprint density at radius 3 is 0.920 bits per heavy atom. The van der Waals surface area contributed by atoms with Crippen LogP contribution in [0.2, 0.25) is 0 Å². The van der Waals surface area contributed by atoms with E-state index in [1.54, 1.807) is 6.92 Å². The molecule has 0 rings (SSSR count). The smallest absolute Gasteiger partial charge is 0.133 e. The van der Waals surface area contributed by atoms with Crippen LogP contribution in [0.3, 0.4) is 0 Å². The Morgan fingerprint density at radius 1 is 0.600 bits per heavy atom. The summed E-state index contributed by atoms with van der Waals surface area (Å²) in [6.45, 7) is 18.6. The average molecular weight is 359 g/mol. The maximum absolute atomic E-state index is 11.1. The summed E-state index contributed by atoms with van der Waals surface area (Å²) in [5.74, 6) is 2.21. The summed E-state index contributed by atoms with van der Waals surface area (Å²) in [5.41, 5.74) is 0. The molecule has 4 nitrogen and oxygen atoms in total. The third-order valence-corrected chi connectivity index (χ3v) is 2.56. The van der Waals surface area contributed by atoms with Gasteiger partial charge < -0.3 is 9.59 Å². The molecule has 150 valence electrons. The van der Waals surface area contributed by atoms with E-state index in [1.807, 2.05) is 20.8 Å². The van der Waals surface area contributed by atoms with Crippen molar-refractivity contribution in [2.24, 2.45) is 11.8 Å². The predicted molar refractivity (Wildman–Crippen MR) is 107 cm³/mol. The molecule has 0 aromatic rings. The summed E-state index contributed by atoms with van der Waals surface area (Å²) in [7, 11) is 0. The van der Waals surface area contributed by atoms with Crippen molar-refractivity contribution in [1.82, 2.24) is 0 Å². The van der Waals surface area contributed by atoms with E-state index >= 15 is 0 Å². The van der Waals surface area contributed by atoms with Crippen molar-refractivity contribution >= 4 is 23.1 Å².